The molecule has 4 heteroatoms. The van der Waals surface area contributed by atoms with E-state index in [1.165, 1.54) is 0 Å². The lowest BCUT2D eigenvalue weighted by Crippen LogP contribution is -2.33. The second-order valence-corrected chi connectivity index (χ2v) is 3.78. The Morgan fingerprint density at radius 3 is 2.47 bits per heavy atom. The minimum atomic E-state index is 0.0353. The third-order valence-corrected chi connectivity index (χ3v) is 2.67. The predicted molar refractivity (Wildman–Crippen MR) is 67.8 cm³/mol. The van der Waals surface area contributed by atoms with Crippen molar-refractivity contribution in [3.8, 4) is 0 Å². The van der Waals surface area contributed by atoms with Crippen molar-refractivity contribution in [1.29, 1.82) is 0 Å². The number of likely N-dealkylation sites (N-methyl/N-ethyl adjacent to an activating group) is 1. The molecule has 0 fully saturated rings. The lowest BCUT2D eigenvalue weighted by Gasteiger charge is -2.20. The molecule has 0 aromatic heterocycles. The second kappa shape index (κ2) is 7.04. The Hall–Kier alpha value is -1.39. The normalized spacial score (nSPS) is 10.3. The molecule has 4 nitrogen and oxygen atoms in total. The van der Waals surface area contributed by atoms with Crippen LogP contribution in [0.2, 0.25) is 0 Å². The Kier molecular flexibility index (Phi) is 5.66. The van der Waals surface area contributed by atoms with Crippen LogP contribution < -0.4 is 5.73 Å². The first kappa shape index (κ1) is 13.7. The lowest BCUT2D eigenvalue weighted by atomic mass is 10.1. The lowest BCUT2D eigenvalue weighted by molar-refractivity contribution is 0.0706. The van der Waals surface area contributed by atoms with Crippen molar-refractivity contribution in [3.05, 3.63) is 35.4 Å². The summed E-state index contributed by atoms with van der Waals surface area (Å²) in [6.07, 6.45) is 0. The first-order chi connectivity index (χ1) is 8.22. The average Bonchev–Trinajstić information content (AvgIpc) is 2.39. The summed E-state index contributed by atoms with van der Waals surface area (Å²) in [6.45, 7) is 4.31. The van der Waals surface area contributed by atoms with Gasteiger partial charge in [0.25, 0.3) is 5.91 Å². The highest BCUT2D eigenvalue weighted by Gasteiger charge is 2.13. The molecule has 0 saturated carbocycles. The number of carbonyl (C=O) groups excluding carboxylic acids is 1. The van der Waals surface area contributed by atoms with Crippen LogP contribution in [-0.4, -0.2) is 37.6 Å². The molecule has 0 atom stereocenters. The molecule has 0 saturated heterocycles. The van der Waals surface area contributed by atoms with Gasteiger partial charge in [-0.2, -0.15) is 0 Å². The number of amides is 1. The van der Waals surface area contributed by atoms with Crippen LogP contribution in [0.3, 0.4) is 0 Å². The van der Waals surface area contributed by atoms with Gasteiger partial charge >= 0.3 is 0 Å². The van der Waals surface area contributed by atoms with E-state index in [4.69, 9.17) is 10.5 Å². The van der Waals surface area contributed by atoms with Gasteiger partial charge in [0.1, 0.15) is 0 Å². The smallest absolute Gasteiger partial charge is 0.253 e. The first-order valence-electron chi connectivity index (χ1n) is 5.80. The number of methoxy groups -OCH3 is 1. The van der Waals surface area contributed by atoms with Crippen molar-refractivity contribution < 1.29 is 9.53 Å². The van der Waals surface area contributed by atoms with Crippen molar-refractivity contribution in [1.82, 2.24) is 4.90 Å². The van der Waals surface area contributed by atoms with Crippen LogP contribution in [0.1, 0.15) is 22.8 Å². The molecule has 1 aromatic rings. The number of benzene rings is 1. The van der Waals surface area contributed by atoms with E-state index in [9.17, 15) is 4.79 Å². The fourth-order valence-electron chi connectivity index (χ4n) is 1.57. The minimum absolute atomic E-state index is 0.0353. The van der Waals surface area contributed by atoms with Crippen molar-refractivity contribution >= 4 is 5.91 Å². The Labute approximate surface area is 102 Å². The van der Waals surface area contributed by atoms with Gasteiger partial charge in [0.05, 0.1) is 6.61 Å². The molecule has 0 unspecified atom stereocenters. The SMILES string of the molecule is CCN(CCOC)C(=O)c1ccc(CN)cc1. The van der Waals surface area contributed by atoms with Crippen molar-refractivity contribution in [2.75, 3.05) is 26.8 Å². The Bertz CT molecular complexity index is 349. The van der Waals surface area contributed by atoms with Gasteiger partial charge in [-0.05, 0) is 24.6 Å². The highest BCUT2D eigenvalue weighted by Crippen LogP contribution is 2.07. The van der Waals surface area contributed by atoms with E-state index in [0.29, 0.717) is 31.8 Å². The zero-order valence-electron chi connectivity index (χ0n) is 10.5. The molecule has 1 aromatic carbocycles. The molecule has 94 valence electrons. The Balaban J connectivity index is 2.71. The van der Waals surface area contributed by atoms with Gasteiger partial charge in [-0.25, -0.2) is 0 Å². The van der Waals surface area contributed by atoms with Gasteiger partial charge < -0.3 is 15.4 Å². The molecule has 1 rings (SSSR count). The molecule has 0 radical (unpaired) electrons. The maximum Gasteiger partial charge on any atom is 0.253 e. The zero-order chi connectivity index (χ0) is 12.7. The monoisotopic (exact) mass is 236 g/mol. The van der Waals surface area contributed by atoms with Crippen LogP contribution in [0.25, 0.3) is 0 Å². The van der Waals surface area contributed by atoms with Gasteiger partial charge in [0, 0.05) is 32.3 Å². The fourth-order valence-corrected chi connectivity index (χ4v) is 1.57. The summed E-state index contributed by atoms with van der Waals surface area (Å²) < 4.78 is 4.99. The van der Waals surface area contributed by atoms with Gasteiger partial charge in [-0.3, -0.25) is 4.79 Å². The van der Waals surface area contributed by atoms with Crippen LogP contribution >= 0.6 is 0 Å². The molecular formula is C13H20N2O2. The van der Waals surface area contributed by atoms with E-state index in [2.05, 4.69) is 0 Å². The summed E-state index contributed by atoms with van der Waals surface area (Å²) in [4.78, 5) is 13.9. The van der Waals surface area contributed by atoms with E-state index in [1.807, 2.05) is 31.2 Å². The van der Waals surface area contributed by atoms with Gasteiger partial charge in [-0.1, -0.05) is 12.1 Å². The molecular weight excluding hydrogens is 216 g/mol. The minimum Gasteiger partial charge on any atom is -0.383 e. The second-order valence-electron chi connectivity index (χ2n) is 3.78. The Morgan fingerprint density at radius 1 is 1.35 bits per heavy atom. The largest absolute Gasteiger partial charge is 0.383 e. The predicted octanol–water partition coefficient (Wildman–Crippen LogP) is 1.25. The standard InChI is InChI=1S/C13H20N2O2/c1-3-15(8-9-17-2)13(16)12-6-4-11(10-14)5-7-12/h4-7H,3,8-10,14H2,1-2H3. The summed E-state index contributed by atoms with van der Waals surface area (Å²) in [7, 11) is 1.63. The summed E-state index contributed by atoms with van der Waals surface area (Å²) in [5.41, 5.74) is 7.24. The number of nitrogens with zero attached hydrogens (tertiary/aromatic N) is 1. The number of ether oxygens (including phenoxy) is 1. The molecule has 0 aliphatic heterocycles. The maximum absolute atomic E-state index is 12.1. The number of nitrogens with two attached hydrogens (primary N) is 1. The van der Waals surface area contributed by atoms with Crippen LogP contribution in [0, 0.1) is 0 Å². The van der Waals surface area contributed by atoms with E-state index in [-0.39, 0.29) is 5.91 Å². The van der Waals surface area contributed by atoms with E-state index in [0.717, 1.165) is 5.56 Å². The van der Waals surface area contributed by atoms with Gasteiger partial charge in [-0.15, -0.1) is 0 Å². The third-order valence-electron chi connectivity index (χ3n) is 2.67. The van der Waals surface area contributed by atoms with Gasteiger partial charge in [0.15, 0.2) is 0 Å². The quantitative estimate of drug-likeness (QED) is 0.809. The zero-order valence-corrected chi connectivity index (χ0v) is 10.5. The summed E-state index contributed by atoms with van der Waals surface area (Å²) in [5.74, 6) is 0.0353. The number of carbonyl (C=O) groups is 1. The molecule has 0 heterocycles. The number of rotatable bonds is 6. The van der Waals surface area contributed by atoms with E-state index >= 15 is 0 Å². The van der Waals surface area contributed by atoms with Crippen molar-refractivity contribution in [2.45, 2.75) is 13.5 Å². The summed E-state index contributed by atoms with van der Waals surface area (Å²) >= 11 is 0. The molecule has 2 N–H and O–H groups in total. The topological polar surface area (TPSA) is 55.6 Å². The van der Waals surface area contributed by atoms with E-state index in [1.54, 1.807) is 12.0 Å². The van der Waals surface area contributed by atoms with Crippen LogP contribution in [0.4, 0.5) is 0 Å². The third kappa shape index (κ3) is 3.84. The van der Waals surface area contributed by atoms with Crippen LogP contribution in [0.5, 0.6) is 0 Å². The maximum atomic E-state index is 12.1. The fraction of sp³-hybridized carbons (Fsp3) is 0.462. The molecule has 0 bridgehead atoms. The van der Waals surface area contributed by atoms with Crippen LogP contribution in [-0.2, 0) is 11.3 Å². The highest BCUT2D eigenvalue weighted by atomic mass is 16.5. The van der Waals surface area contributed by atoms with Crippen molar-refractivity contribution in [2.24, 2.45) is 5.73 Å². The summed E-state index contributed by atoms with van der Waals surface area (Å²) in [5, 5.41) is 0. The van der Waals surface area contributed by atoms with Crippen molar-refractivity contribution in [3.63, 3.8) is 0 Å². The summed E-state index contributed by atoms with van der Waals surface area (Å²) in [6, 6.07) is 7.41. The molecule has 17 heavy (non-hydrogen) atoms. The highest BCUT2D eigenvalue weighted by molar-refractivity contribution is 5.94. The number of hydrogen-bond acceptors (Lipinski definition) is 3. The molecule has 0 spiro atoms. The molecule has 0 aliphatic carbocycles. The first-order valence-corrected chi connectivity index (χ1v) is 5.80. The number of hydrogen-bond donors (Lipinski definition) is 1. The van der Waals surface area contributed by atoms with Crippen LogP contribution in [0.15, 0.2) is 24.3 Å². The molecule has 0 aliphatic rings. The average molecular weight is 236 g/mol. The Morgan fingerprint density at radius 2 is 2.00 bits per heavy atom. The van der Waals surface area contributed by atoms with E-state index < -0.39 is 0 Å². The van der Waals surface area contributed by atoms with Gasteiger partial charge in [0.2, 0.25) is 0 Å². The molecule has 1 amide bonds.